The predicted molar refractivity (Wildman–Crippen MR) is 116 cm³/mol. The lowest BCUT2D eigenvalue weighted by atomic mass is 10.1. The van der Waals surface area contributed by atoms with Gasteiger partial charge in [-0.2, -0.15) is 0 Å². The standard InChI is InChI=1S/C19H32N4O.HI/c1-5-20-19(22-15(2)3)21-12-17-7-6-8-18(11-17)14-23-9-10-24-16(4)13-23;/h6-8,11,15-16H,5,9-10,12-14H2,1-4H3,(H2,20,21,22);1H. The molecule has 2 rings (SSSR count). The normalized spacial score (nSPS) is 18.8. The summed E-state index contributed by atoms with van der Waals surface area (Å²) < 4.78 is 5.62. The van der Waals surface area contributed by atoms with Crippen molar-refractivity contribution < 1.29 is 4.74 Å². The highest BCUT2D eigenvalue weighted by molar-refractivity contribution is 14.0. The van der Waals surface area contributed by atoms with Crippen LogP contribution in [-0.2, 0) is 17.8 Å². The maximum atomic E-state index is 5.62. The third-order valence-corrected chi connectivity index (χ3v) is 3.91. The molecule has 1 aliphatic heterocycles. The van der Waals surface area contributed by atoms with Crippen LogP contribution < -0.4 is 10.6 Å². The lowest BCUT2D eigenvalue weighted by Crippen LogP contribution is -2.41. The Hall–Kier alpha value is -0.860. The molecule has 0 spiro atoms. The number of hydrogen-bond acceptors (Lipinski definition) is 3. The molecule has 1 atom stereocenters. The number of guanidine groups is 1. The lowest BCUT2D eigenvalue weighted by molar-refractivity contribution is -0.0212. The molecule has 5 nitrogen and oxygen atoms in total. The molecule has 6 heteroatoms. The quantitative estimate of drug-likeness (QED) is 0.390. The molecule has 0 amide bonds. The highest BCUT2D eigenvalue weighted by Gasteiger charge is 2.16. The summed E-state index contributed by atoms with van der Waals surface area (Å²) in [4.78, 5) is 7.14. The minimum Gasteiger partial charge on any atom is -0.376 e. The topological polar surface area (TPSA) is 48.9 Å². The van der Waals surface area contributed by atoms with Crippen molar-refractivity contribution in [2.75, 3.05) is 26.2 Å². The Balaban J connectivity index is 0.00000312. The van der Waals surface area contributed by atoms with E-state index in [1.165, 1.54) is 11.1 Å². The zero-order valence-electron chi connectivity index (χ0n) is 15.9. The van der Waals surface area contributed by atoms with Crippen LogP contribution in [0.1, 0.15) is 38.8 Å². The first-order chi connectivity index (χ1) is 11.6. The first-order valence-corrected chi connectivity index (χ1v) is 9.03. The molecule has 1 heterocycles. The fraction of sp³-hybridized carbons (Fsp3) is 0.632. The van der Waals surface area contributed by atoms with Crippen LogP contribution >= 0.6 is 24.0 Å². The van der Waals surface area contributed by atoms with Crippen LogP contribution in [0.25, 0.3) is 0 Å². The van der Waals surface area contributed by atoms with Crippen LogP contribution in [-0.4, -0.2) is 49.2 Å². The number of nitrogens with zero attached hydrogens (tertiary/aromatic N) is 2. The first-order valence-electron chi connectivity index (χ1n) is 9.03. The van der Waals surface area contributed by atoms with E-state index in [0.29, 0.717) is 18.7 Å². The predicted octanol–water partition coefficient (Wildman–Crippen LogP) is 2.99. The van der Waals surface area contributed by atoms with Crippen molar-refractivity contribution in [1.82, 2.24) is 15.5 Å². The van der Waals surface area contributed by atoms with E-state index >= 15 is 0 Å². The van der Waals surface area contributed by atoms with Crippen molar-refractivity contribution in [3.05, 3.63) is 35.4 Å². The average molecular weight is 460 g/mol. The summed E-state index contributed by atoms with van der Waals surface area (Å²) in [5.41, 5.74) is 2.59. The maximum absolute atomic E-state index is 5.62. The van der Waals surface area contributed by atoms with Crippen LogP contribution in [0.15, 0.2) is 29.3 Å². The van der Waals surface area contributed by atoms with E-state index in [4.69, 9.17) is 4.74 Å². The van der Waals surface area contributed by atoms with Gasteiger partial charge in [0.25, 0.3) is 0 Å². The number of halogens is 1. The summed E-state index contributed by atoms with van der Waals surface area (Å²) in [6.45, 7) is 13.9. The zero-order chi connectivity index (χ0) is 17.4. The Bertz CT molecular complexity index is 536. The molecule has 0 bridgehead atoms. The summed E-state index contributed by atoms with van der Waals surface area (Å²) in [5.74, 6) is 0.875. The Kier molecular flexibility index (Phi) is 10.4. The third kappa shape index (κ3) is 8.37. The summed E-state index contributed by atoms with van der Waals surface area (Å²) in [7, 11) is 0. The Morgan fingerprint density at radius 1 is 1.36 bits per heavy atom. The van der Waals surface area contributed by atoms with Crippen molar-refractivity contribution in [2.24, 2.45) is 4.99 Å². The van der Waals surface area contributed by atoms with Gasteiger partial charge in [-0.3, -0.25) is 4.90 Å². The molecule has 2 N–H and O–H groups in total. The maximum Gasteiger partial charge on any atom is 0.191 e. The molecular formula is C19H33IN4O. The second kappa shape index (κ2) is 11.7. The number of ether oxygens (including phenoxy) is 1. The van der Waals surface area contributed by atoms with Gasteiger partial charge >= 0.3 is 0 Å². The summed E-state index contributed by atoms with van der Waals surface area (Å²) in [6, 6.07) is 9.12. The summed E-state index contributed by atoms with van der Waals surface area (Å²) in [6.07, 6.45) is 0.330. The van der Waals surface area contributed by atoms with E-state index in [-0.39, 0.29) is 24.0 Å². The number of nitrogens with one attached hydrogen (secondary N) is 2. The second-order valence-corrected chi connectivity index (χ2v) is 6.73. The van der Waals surface area contributed by atoms with E-state index in [0.717, 1.165) is 38.7 Å². The fourth-order valence-corrected chi connectivity index (χ4v) is 2.88. The number of rotatable bonds is 6. The largest absolute Gasteiger partial charge is 0.376 e. The van der Waals surface area contributed by atoms with Gasteiger partial charge in [0.05, 0.1) is 19.3 Å². The summed E-state index contributed by atoms with van der Waals surface area (Å²) >= 11 is 0. The van der Waals surface area contributed by atoms with Gasteiger partial charge in [0, 0.05) is 32.2 Å². The fourth-order valence-electron chi connectivity index (χ4n) is 2.88. The molecule has 142 valence electrons. The van der Waals surface area contributed by atoms with E-state index in [1.54, 1.807) is 0 Å². The van der Waals surface area contributed by atoms with Gasteiger partial charge in [-0.05, 0) is 38.8 Å². The second-order valence-electron chi connectivity index (χ2n) is 6.73. The highest BCUT2D eigenvalue weighted by Crippen LogP contribution is 2.12. The van der Waals surface area contributed by atoms with Crippen LogP contribution in [0, 0.1) is 0 Å². The Morgan fingerprint density at radius 3 is 2.80 bits per heavy atom. The van der Waals surface area contributed by atoms with Gasteiger partial charge in [-0.25, -0.2) is 4.99 Å². The summed E-state index contributed by atoms with van der Waals surface area (Å²) in [5, 5.41) is 6.64. The van der Waals surface area contributed by atoms with Crippen LogP contribution in [0.2, 0.25) is 0 Å². The number of hydrogen-bond donors (Lipinski definition) is 2. The molecule has 1 saturated heterocycles. The Labute approximate surface area is 169 Å². The van der Waals surface area contributed by atoms with Crippen molar-refractivity contribution in [3.8, 4) is 0 Å². The van der Waals surface area contributed by atoms with Crippen LogP contribution in [0.3, 0.4) is 0 Å². The number of benzene rings is 1. The molecule has 1 aromatic rings. The average Bonchev–Trinajstić information content (AvgIpc) is 2.53. The van der Waals surface area contributed by atoms with Gasteiger partial charge in [-0.15, -0.1) is 24.0 Å². The van der Waals surface area contributed by atoms with Gasteiger partial charge in [0.15, 0.2) is 5.96 Å². The molecule has 0 aliphatic carbocycles. The lowest BCUT2D eigenvalue weighted by Gasteiger charge is -2.31. The third-order valence-electron chi connectivity index (χ3n) is 3.91. The van der Waals surface area contributed by atoms with Gasteiger partial charge < -0.3 is 15.4 Å². The van der Waals surface area contributed by atoms with Crippen molar-refractivity contribution in [3.63, 3.8) is 0 Å². The van der Waals surface area contributed by atoms with E-state index in [2.05, 4.69) is 72.5 Å². The molecule has 0 saturated carbocycles. The molecule has 25 heavy (non-hydrogen) atoms. The Morgan fingerprint density at radius 2 is 2.12 bits per heavy atom. The van der Waals surface area contributed by atoms with Gasteiger partial charge in [-0.1, -0.05) is 24.3 Å². The molecular weight excluding hydrogens is 427 g/mol. The minimum atomic E-state index is 0. The minimum absolute atomic E-state index is 0. The molecule has 0 radical (unpaired) electrons. The van der Waals surface area contributed by atoms with Gasteiger partial charge in [0.2, 0.25) is 0 Å². The molecule has 0 aromatic heterocycles. The van der Waals surface area contributed by atoms with E-state index in [9.17, 15) is 0 Å². The van der Waals surface area contributed by atoms with Crippen molar-refractivity contribution in [1.29, 1.82) is 0 Å². The SMILES string of the molecule is CCNC(=NCc1cccc(CN2CCOC(C)C2)c1)NC(C)C.I. The van der Waals surface area contributed by atoms with E-state index < -0.39 is 0 Å². The monoisotopic (exact) mass is 460 g/mol. The zero-order valence-corrected chi connectivity index (χ0v) is 18.2. The number of morpholine rings is 1. The van der Waals surface area contributed by atoms with Gasteiger partial charge in [0.1, 0.15) is 0 Å². The molecule has 1 aromatic carbocycles. The molecule has 1 unspecified atom stereocenters. The first kappa shape index (κ1) is 22.2. The van der Waals surface area contributed by atoms with Crippen molar-refractivity contribution >= 4 is 29.9 Å². The molecule has 1 fully saturated rings. The van der Waals surface area contributed by atoms with Crippen LogP contribution in [0.5, 0.6) is 0 Å². The van der Waals surface area contributed by atoms with Crippen molar-refractivity contribution in [2.45, 2.75) is 52.9 Å². The van der Waals surface area contributed by atoms with E-state index in [1.807, 2.05) is 0 Å². The molecule has 1 aliphatic rings. The van der Waals surface area contributed by atoms with Crippen LogP contribution in [0.4, 0.5) is 0 Å². The highest BCUT2D eigenvalue weighted by atomic mass is 127. The number of aliphatic imine (C=N–C) groups is 1. The smallest absolute Gasteiger partial charge is 0.191 e.